The average Bonchev–Trinajstić information content (AvgIpc) is 2.87. The maximum Gasteiger partial charge on any atom is 0.269 e. The maximum atomic E-state index is 11.5. The molecule has 0 bridgehead atoms. The second-order valence-electron chi connectivity index (χ2n) is 4.15. The number of nitrogens with zero attached hydrogens (tertiary/aromatic N) is 2. The van der Waals surface area contributed by atoms with Crippen LogP contribution in [0.1, 0.15) is 12.8 Å². The lowest BCUT2D eigenvalue weighted by molar-refractivity contribution is -0.384. The molecule has 1 saturated heterocycles. The topological polar surface area (TPSA) is 80.5 Å². The van der Waals surface area contributed by atoms with E-state index in [0.29, 0.717) is 19.3 Å². The summed E-state index contributed by atoms with van der Waals surface area (Å²) < 4.78 is 0. The standard InChI is InChI=1S/C12H12N2O4/c15-8-12(16)11-2-1-7-13(11)9-3-5-10(6-4-9)14(17)18/h3-6,8,11H,1-2,7H2. The molecule has 0 radical (unpaired) electrons. The molecular formula is C12H12N2O4. The molecule has 0 spiro atoms. The molecule has 1 aliphatic rings. The summed E-state index contributed by atoms with van der Waals surface area (Å²) in [6, 6.07) is 5.58. The Bertz CT molecular complexity index is 483. The fraction of sp³-hybridized carbons (Fsp3) is 0.333. The predicted octanol–water partition coefficient (Wildman–Crippen LogP) is 1.33. The van der Waals surface area contributed by atoms with Crippen LogP contribution in [0.25, 0.3) is 0 Å². The summed E-state index contributed by atoms with van der Waals surface area (Å²) >= 11 is 0. The van der Waals surface area contributed by atoms with Crippen LogP contribution < -0.4 is 4.90 Å². The van der Waals surface area contributed by atoms with Gasteiger partial charge in [0, 0.05) is 24.4 Å². The van der Waals surface area contributed by atoms with Crippen molar-refractivity contribution in [1.82, 2.24) is 0 Å². The molecule has 0 aliphatic carbocycles. The van der Waals surface area contributed by atoms with Gasteiger partial charge in [-0.1, -0.05) is 0 Å². The van der Waals surface area contributed by atoms with Crippen molar-refractivity contribution in [2.24, 2.45) is 0 Å². The molecule has 18 heavy (non-hydrogen) atoms. The Morgan fingerprint density at radius 2 is 2.06 bits per heavy atom. The fourth-order valence-electron chi connectivity index (χ4n) is 2.22. The number of aldehydes is 1. The maximum absolute atomic E-state index is 11.5. The number of nitro groups is 1. The number of anilines is 1. The van der Waals surface area contributed by atoms with Gasteiger partial charge in [0.25, 0.3) is 5.69 Å². The van der Waals surface area contributed by atoms with Crippen molar-refractivity contribution < 1.29 is 14.5 Å². The number of ketones is 1. The first-order valence-electron chi connectivity index (χ1n) is 5.63. The molecule has 6 heteroatoms. The molecule has 1 heterocycles. The third kappa shape index (κ3) is 2.22. The van der Waals surface area contributed by atoms with Gasteiger partial charge in [-0.15, -0.1) is 0 Å². The highest BCUT2D eigenvalue weighted by Gasteiger charge is 2.30. The molecule has 1 fully saturated rings. The highest BCUT2D eigenvalue weighted by Crippen LogP contribution is 2.27. The van der Waals surface area contributed by atoms with Crippen LogP contribution in [0.4, 0.5) is 11.4 Å². The lowest BCUT2D eigenvalue weighted by Gasteiger charge is -2.24. The van der Waals surface area contributed by atoms with Gasteiger partial charge in [0.05, 0.1) is 11.0 Å². The van der Waals surface area contributed by atoms with Gasteiger partial charge in [0.2, 0.25) is 5.78 Å². The van der Waals surface area contributed by atoms with Crippen LogP contribution >= 0.6 is 0 Å². The quantitative estimate of drug-likeness (QED) is 0.347. The van der Waals surface area contributed by atoms with E-state index >= 15 is 0 Å². The van der Waals surface area contributed by atoms with E-state index in [1.807, 2.05) is 4.90 Å². The van der Waals surface area contributed by atoms with Gasteiger partial charge in [-0.05, 0) is 25.0 Å². The first kappa shape index (κ1) is 12.2. The van der Waals surface area contributed by atoms with E-state index in [1.165, 1.54) is 12.1 Å². The summed E-state index contributed by atoms with van der Waals surface area (Å²) in [7, 11) is 0. The van der Waals surface area contributed by atoms with Crippen molar-refractivity contribution in [3.05, 3.63) is 34.4 Å². The van der Waals surface area contributed by atoms with Crippen LogP contribution in [0.3, 0.4) is 0 Å². The Balaban J connectivity index is 2.22. The van der Waals surface area contributed by atoms with E-state index in [0.717, 1.165) is 12.1 Å². The molecule has 6 nitrogen and oxygen atoms in total. The summed E-state index contributed by atoms with van der Waals surface area (Å²) in [6.07, 6.45) is 1.82. The Morgan fingerprint density at radius 1 is 1.39 bits per heavy atom. The minimum absolute atomic E-state index is 0.0104. The fourth-order valence-corrected chi connectivity index (χ4v) is 2.22. The number of benzene rings is 1. The summed E-state index contributed by atoms with van der Waals surface area (Å²) in [5.41, 5.74) is 0.745. The van der Waals surface area contributed by atoms with Crippen molar-refractivity contribution in [2.75, 3.05) is 11.4 Å². The largest absolute Gasteiger partial charge is 0.361 e. The number of Topliss-reactive ketones (excluding diaryl/α,β-unsaturated/α-hetero) is 1. The van der Waals surface area contributed by atoms with Crippen molar-refractivity contribution in [2.45, 2.75) is 18.9 Å². The summed E-state index contributed by atoms with van der Waals surface area (Å²) in [5, 5.41) is 10.5. The summed E-state index contributed by atoms with van der Waals surface area (Å²) in [6.45, 7) is 0.683. The van der Waals surface area contributed by atoms with Crippen LogP contribution in [0.5, 0.6) is 0 Å². The zero-order valence-electron chi connectivity index (χ0n) is 9.61. The van der Waals surface area contributed by atoms with Crippen LogP contribution in [0.15, 0.2) is 24.3 Å². The van der Waals surface area contributed by atoms with E-state index in [4.69, 9.17) is 0 Å². The molecule has 0 amide bonds. The molecule has 1 unspecified atom stereocenters. The minimum atomic E-state index is -0.470. The lowest BCUT2D eigenvalue weighted by atomic mass is 10.1. The summed E-state index contributed by atoms with van der Waals surface area (Å²) in [5.74, 6) is -0.439. The monoisotopic (exact) mass is 248 g/mol. The van der Waals surface area contributed by atoms with Gasteiger partial charge in [0.1, 0.15) is 0 Å². The zero-order chi connectivity index (χ0) is 13.1. The molecule has 1 aliphatic heterocycles. The van der Waals surface area contributed by atoms with Crippen molar-refractivity contribution in [3.63, 3.8) is 0 Å². The second kappa shape index (κ2) is 4.95. The zero-order valence-corrected chi connectivity index (χ0v) is 9.61. The molecule has 0 aromatic heterocycles. The SMILES string of the molecule is O=CC(=O)C1CCCN1c1ccc([N+](=O)[O-])cc1. The van der Waals surface area contributed by atoms with Gasteiger partial charge in [0.15, 0.2) is 6.29 Å². The summed E-state index contributed by atoms with van der Waals surface area (Å²) in [4.78, 5) is 33.9. The smallest absolute Gasteiger partial charge is 0.269 e. The predicted molar refractivity (Wildman–Crippen MR) is 64.5 cm³/mol. The van der Waals surface area contributed by atoms with Gasteiger partial charge in [-0.3, -0.25) is 19.7 Å². The Labute approximate surface area is 103 Å². The molecule has 1 aromatic rings. The molecular weight excluding hydrogens is 236 g/mol. The minimum Gasteiger partial charge on any atom is -0.361 e. The van der Waals surface area contributed by atoms with E-state index in [2.05, 4.69) is 0 Å². The Morgan fingerprint density at radius 3 is 2.61 bits per heavy atom. The molecule has 1 aromatic carbocycles. The third-order valence-electron chi connectivity index (χ3n) is 3.09. The van der Waals surface area contributed by atoms with Crippen LogP contribution in [0, 0.1) is 10.1 Å². The lowest BCUT2D eigenvalue weighted by Crippen LogP contribution is -2.36. The highest BCUT2D eigenvalue weighted by molar-refractivity contribution is 6.28. The van der Waals surface area contributed by atoms with Crippen LogP contribution in [0.2, 0.25) is 0 Å². The number of carbonyl (C=O) groups is 2. The molecule has 0 N–H and O–H groups in total. The number of hydrogen-bond acceptors (Lipinski definition) is 5. The van der Waals surface area contributed by atoms with E-state index < -0.39 is 16.7 Å². The van der Waals surface area contributed by atoms with Crippen molar-refractivity contribution in [1.29, 1.82) is 0 Å². The van der Waals surface area contributed by atoms with Gasteiger partial charge >= 0.3 is 0 Å². The second-order valence-corrected chi connectivity index (χ2v) is 4.15. The Hall–Kier alpha value is -2.24. The van der Waals surface area contributed by atoms with Crippen molar-refractivity contribution in [3.8, 4) is 0 Å². The number of nitro benzene ring substituents is 1. The van der Waals surface area contributed by atoms with E-state index in [-0.39, 0.29) is 5.69 Å². The van der Waals surface area contributed by atoms with Crippen LogP contribution in [-0.2, 0) is 9.59 Å². The molecule has 0 saturated carbocycles. The normalized spacial score (nSPS) is 18.7. The first-order chi connectivity index (χ1) is 8.63. The van der Waals surface area contributed by atoms with E-state index in [1.54, 1.807) is 12.1 Å². The van der Waals surface area contributed by atoms with Crippen LogP contribution in [-0.4, -0.2) is 29.6 Å². The van der Waals surface area contributed by atoms with Crippen molar-refractivity contribution >= 4 is 23.4 Å². The molecule has 94 valence electrons. The van der Waals surface area contributed by atoms with Gasteiger partial charge in [-0.25, -0.2) is 0 Å². The molecule has 1 atom stereocenters. The van der Waals surface area contributed by atoms with Gasteiger partial charge in [-0.2, -0.15) is 0 Å². The first-order valence-corrected chi connectivity index (χ1v) is 5.63. The third-order valence-corrected chi connectivity index (χ3v) is 3.09. The highest BCUT2D eigenvalue weighted by atomic mass is 16.6. The van der Waals surface area contributed by atoms with E-state index in [9.17, 15) is 19.7 Å². The number of rotatable bonds is 4. The number of hydrogen-bond donors (Lipinski definition) is 0. The molecule has 2 rings (SSSR count). The number of non-ortho nitro benzene ring substituents is 1. The van der Waals surface area contributed by atoms with Gasteiger partial charge < -0.3 is 4.90 Å². The number of carbonyl (C=O) groups excluding carboxylic acids is 2. The Kier molecular flexibility index (Phi) is 3.36. The average molecular weight is 248 g/mol.